The molecule has 2 heterocycles. The van der Waals surface area contributed by atoms with E-state index >= 15 is 0 Å². The van der Waals surface area contributed by atoms with E-state index in [1.165, 1.54) is 29.4 Å². The van der Waals surface area contributed by atoms with Crippen LogP contribution in [0.2, 0.25) is 0 Å². The van der Waals surface area contributed by atoms with Crippen LogP contribution in [0.3, 0.4) is 0 Å². The van der Waals surface area contributed by atoms with Gasteiger partial charge in [0, 0.05) is 18.4 Å². The fourth-order valence-corrected chi connectivity index (χ4v) is 5.18. The number of imide groups is 1. The maximum atomic E-state index is 13.5. The first kappa shape index (κ1) is 29.2. The van der Waals surface area contributed by atoms with Crippen LogP contribution < -0.4 is 9.47 Å². The Morgan fingerprint density at radius 1 is 1.05 bits per heavy atom. The largest absolute Gasteiger partial charge is 0.573 e. The van der Waals surface area contributed by atoms with Gasteiger partial charge >= 0.3 is 12.5 Å². The molecule has 2 atom stereocenters. The molecule has 0 saturated carbocycles. The van der Waals surface area contributed by atoms with Gasteiger partial charge in [0.25, 0.3) is 0 Å². The van der Waals surface area contributed by atoms with E-state index in [1.807, 2.05) is 30.3 Å². The lowest BCUT2D eigenvalue weighted by molar-refractivity contribution is -0.274. The number of nitrogens with zero attached hydrogens (tertiary/aromatic N) is 2. The number of hydrogen-bond acceptors (Lipinski definition) is 7. The van der Waals surface area contributed by atoms with Crippen LogP contribution in [0.4, 0.5) is 18.0 Å². The van der Waals surface area contributed by atoms with Gasteiger partial charge in [0.05, 0.1) is 16.2 Å². The van der Waals surface area contributed by atoms with Crippen LogP contribution >= 0.6 is 15.9 Å². The highest BCUT2D eigenvalue weighted by molar-refractivity contribution is 9.10. The molecular weight excluding hydrogens is 621 g/mol. The summed E-state index contributed by atoms with van der Waals surface area (Å²) < 4.78 is 57.7. The van der Waals surface area contributed by atoms with Crippen molar-refractivity contribution in [2.75, 3.05) is 6.61 Å². The van der Waals surface area contributed by atoms with Gasteiger partial charge < -0.3 is 18.7 Å². The van der Waals surface area contributed by atoms with E-state index in [2.05, 4.69) is 25.8 Å². The van der Waals surface area contributed by atoms with Crippen LogP contribution in [-0.2, 0) is 22.6 Å². The Kier molecular flexibility index (Phi) is 8.81. The topological polar surface area (TPSA) is 91.1 Å². The third kappa shape index (κ3) is 7.30. The van der Waals surface area contributed by atoms with Gasteiger partial charge in [-0.2, -0.15) is 0 Å². The maximum absolute atomic E-state index is 13.5. The molecule has 0 unspecified atom stereocenters. The monoisotopic (exact) mass is 644 g/mol. The van der Waals surface area contributed by atoms with Crippen LogP contribution in [0.1, 0.15) is 34.7 Å². The van der Waals surface area contributed by atoms with Gasteiger partial charge in [-0.05, 0) is 63.3 Å². The van der Waals surface area contributed by atoms with E-state index in [4.69, 9.17) is 14.0 Å². The summed E-state index contributed by atoms with van der Waals surface area (Å²) in [6.07, 6.45) is -3.62. The van der Waals surface area contributed by atoms with Crippen molar-refractivity contribution in [1.82, 2.24) is 10.1 Å². The fourth-order valence-electron chi connectivity index (χ4n) is 4.67. The number of cyclic esters (lactones) is 1. The number of hydrogen-bond donors (Lipinski definition) is 0. The second-order valence-electron chi connectivity index (χ2n) is 9.54. The van der Waals surface area contributed by atoms with E-state index in [9.17, 15) is 22.8 Å². The smallest absolute Gasteiger partial charge is 0.489 e. The van der Waals surface area contributed by atoms with Gasteiger partial charge in [0.1, 0.15) is 31.0 Å². The quantitative estimate of drug-likeness (QED) is 0.183. The number of halogens is 4. The molecule has 12 heteroatoms. The van der Waals surface area contributed by atoms with Gasteiger partial charge in [0.2, 0.25) is 5.91 Å². The lowest BCUT2D eigenvalue weighted by Crippen LogP contribution is -2.40. The molecule has 1 saturated heterocycles. The molecule has 1 aliphatic rings. The lowest BCUT2D eigenvalue weighted by Gasteiger charge is -2.22. The molecule has 42 heavy (non-hydrogen) atoms. The highest BCUT2D eigenvalue weighted by Crippen LogP contribution is 2.33. The Balaban J connectivity index is 1.26. The molecule has 1 aromatic heterocycles. The molecule has 1 fully saturated rings. The summed E-state index contributed by atoms with van der Waals surface area (Å²) in [4.78, 5) is 27.2. The van der Waals surface area contributed by atoms with Crippen molar-refractivity contribution < 1.29 is 41.5 Å². The number of rotatable bonds is 10. The molecule has 8 nitrogen and oxygen atoms in total. The van der Waals surface area contributed by atoms with Crippen molar-refractivity contribution in [3.63, 3.8) is 0 Å². The van der Waals surface area contributed by atoms with Gasteiger partial charge in [-0.3, -0.25) is 4.79 Å². The second-order valence-corrected chi connectivity index (χ2v) is 10.4. The molecule has 218 valence electrons. The number of carbonyl (C=O) groups excluding carboxylic acids is 2. The average Bonchev–Trinajstić information content (AvgIpc) is 3.62. The Morgan fingerprint density at radius 2 is 1.81 bits per heavy atom. The first-order valence-corrected chi connectivity index (χ1v) is 13.7. The molecule has 2 amide bonds. The third-order valence-corrected chi connectivity index (χ3v) is 7.27. The summed E-state index contributed by atoms with van der Waals surface area (Å²) in [5.74, 6) is -0.747. The van der Waals surface area contributed by atoms with Crippen LogP contribution in [0.25, 0.3) is 0 Å². The predicted molar refractivity (Wildman–Crippen MR) is 147 cm³/mol. The maximum Gasteiger partial charge on any atom is 0.573 e. The molecule has 0 N–H and O–H groups in total. The number of aromatic nitrogens is 1. The number of alkyl halides is 3. The van der Waals surface area contributed by atoms with Crippen molar-refractivity contribution in [1.29, 1.82) is 0 Å². The third-order valence-electron chi connectivity index (χ3n) is 6.65. The molecule has 5 rings (SSSR count). The molecule has 0 aliphatic carbocycles. The summed E-state index contributed by atoms with van der Waals surface area (Å²) in [6.45, 7) is 0.212. The fraction of sp³-hybridized carbons (Fsp3) is 0.233. The van der Waals surface area contributed by atoms with Gasteiger partial charge in [0.15, 0.2) is 0 Å². The second kappa shape index (κ2) is 12.7. The highest BCUT2D eigenvalue weighted by atomic mass is 79.9. The minimum atomic E-state index is -4.79. The number of amides is 2. The molecule has 0 bridgehead atoms. The van der Waals surface area contributed by atoms with Crippen LogP contribution in [0, 0.1) is 0 Å². The van der Waals surface area contributed by atoms with Crippen molar-refractivity contribution in [3.8, 4) is 11.5 Å². The zero-order valence-electron chi connectivity index (χ0n) is 21.9. The van der Waals surface area contributed by atoms with Crippen LogP contribution in [0.15, 0.2) is 94.1 Å². The zero-order valence-corrected chi connectivity index (χ0v) is 23.5. The number of ether oxygens (including phenoxy) is 3. The Labute approximate surface area is 247 Å². The summed E-state index contributed by atoms with van der Waals surface area (Å²) in [7, 11) is 0. The summed E-state index contributed by atoms with van der Waals surface area (Å²) >= 11 is 3.08. The minimum absolute atomic E-state index is 0.0481. The van der Waals surface area contributed by atoms with Crippen molar-refractivity contribution >= 4 is 27.9 Å². The molecule has 0 spiro atoms. The first-order chi connectivity index (χ1) is 20.2. The van der Waals surface area contributed by atoms with Gasteiger partial charge in [-0.1, -0.05) is 53.7 Å². The van der Waals surface area contributed by atoms with Crippen LogP contribution in [-0.4, -0.2) is 41.1 Å². The highest BCUT2D eigenvalue weighted by Gasteiger charge is 2.39. The Hall–Kier alpha value is -4.32. The van der Waals surface area contributed by atoms with E-state index in [-0.39, 0.29) is 29.9 Å². The summed E-state index contributed by atoms with van der Waals surface area (Å²) in [5.41, 5.74) is 2.87. The summed E-state index contributed by atoms with van der Waals surface area (Å²) in [5, 5.41) is 4.04. The molecule has 1 aliphatic heterocycles. The molecule has 0 radical (unpaired) electrons. The standard InChI is InChI=1S/C30H24BrF3N2O6/c31-25-15-20(6-11-27(25)42-30(32,33)34)17-39-23-9-7-21(8-10-23)24(26-12-13-41-35-26)16-28(37)36-22(18-40-29(36)38)14-19-4-2-1-3-5-19/h1-13,15,22,24H,14,16-18H2/t22-,24-/m0/s1. The van der Waals surface area contributed by atoms with Crippen molar-refractivity contribution in [2.45, 2.75) is 37.8 Å². The van der Waals surface area contributed by atoms with Crippen molar-refractivity contribution in [2.24, 2.45) is 0 Å². The van der Waals surface area contributed by atoms with Gasteiger partial charge in [-0.15, -0.1) is 13.2 Å². The SMILES string of the molecule is O=C(C[C@@H](c1ccc(OCc2ccc(OC(F)(F)F)c(Br)c2)cc1)c1ccon1)N1C(=O)OC[C@@H]1Cc1ccccc1. The van der Waals surface area contributed by atoms with E-state index in [1.54, 1.807) is 30.3 Å². The van der Waals surface area contributed by atoms with Gasteiger partial charge in [-0.25, -0.2) is 9.69 Å². The molecule has 3 aromatic carbocycles. The predicted octanol–water partition coefficient (Wildman–Crippen LogP) is 7.03. The first-order valence-electron chi connectivity index (χ1n) is 12.9. The lowest BCUT2D eigenvalue weighted by atomic mass is 9.91. The number of benzene rings is 3. The van der Waals surface area contributed by atoms with E-state index in [0.717, 1.165) is 11.1 Å². The summed E-state index contributed by atoms with van der Waals surface area (Å²) in [6, 6.07) is 22.0. The minimum Gasteiger partial charge on any atom is -0.489 e. The Bertz CT molecular complexity index is 1510. The Morgan fingerprint density at radius 3 is 2.48 bits per heavy atom. The zero-order chi connectivity index (χ0) is 29.7. The molecule has 4 aromatic rings. The normalized spacial score (nSPS) is 15.8. The van der Waals surface area contributed by atoms with E-state index < -0.39 is 30.3 Å². The average molecular weight is 645 g/mol. The molecular formula is C30H24BrF3N2O6. The number of carbonyl (C=O) groups is 2. The van der Waals surface area contributed by atoms with Crippen LogP contribution in [0.5, 0.6) is 11.5 Å². The van der Waals surface area contributed by atoms with E-state index in [0.29, 0.717) is 23.4 Å². The van der Waals surface area contributed by atoms with Crippen molar-refractivity contribution in [3.05, 3.63) is 112 Å².